The van der Waals surface area contributed by atoms with Crippen molar-refractivity contribution in [2.45, 2.75) is 22.3 Å². The molecule has 1 heterocycles. The Kier molecular flexibility index (Phi) is 5.30. The van der Waals surface area contributed by atoms with E-state index in [1.165, 1.54) is 15.4 Å². The molecule has 1 aliphatic rings. The van der Waals surface area contributed by atoms with Crippen LogP contribution in [0, 0.1) is 0 Å². The van der Waals surface area contributed by atoms with Crippen LogP contribution in [0.1, 0.15) is 13.3 Å². The fourth-order valence-electron chi connectivity index (χ4n) is 1.42. The Morgan fingerprint density at radius 3 is 2.29 bits per heavy atom. The molecule has 1 fully saturated rings. The monoisotopic (exact) mass is 372 g/mol. The third-order valence-corrected chi connectivity index (χ3v) is 9.39. The van der Waals surface area contributed by atoms with Crippen LogP contribution in [0.15, 0.2) is 24.3 Å². The van der Waals surface area contributed by atoms with Crippen LogP contribution in [-0.2, 0) is 0 Å². The van der Waals surface area contributed by atoms with Crippen LogP contribution in [0.5, 0.6) is 5.75 Å². The summed E-state index contributed by atoms with van der Waals surface area (Å²) in [5.74, 6) is 1.02. The molecule has 1 nitrogen and oxygen atoms in total. The molecule has 0 N–H and O–H groups in total. The van der Waals surface area contributed by atoms with Crippen molar-refractivity contribution < 1.29 is 21.7 Å². The molecule has 3 heteroatoms. The summed E-state index contributed by atoms with van der Waals surface area (Å²) in [6.07, 6.45) is 1.48. The summed E-state index contributed by atoms with van der Waals surface area (Å²) in [6.45, 7) is 2.79. The molecule has 2 rings (SSSR count). The molecule has 0 saturated carbocycles. The molecule has 0 atom stereocenters. The van der Waals surface area contributed by atoms with Gasteiger partial charge in [-0.3, -0.25) is 0 Å². The second-order valence-corrected chi connectivity index (χ2v) is 9.65. The minimum atomic E-state index is -0.743. The van der Waals surface area contributed by atoms with Crippen molar-refractivity contribution in [3.8, 4) is 5.75 Å². The van der Waals surface area contributed by atoms with Gasteiger partial charge in [-0.2, -0.15) is 0 Å². The molecule has 0 bridgehead atoms. The molecule has 78 valence electrons. The molecule has 1 aliphatic heterocycles. The van der Waals surface area contributed by atoms with Crippen molar-refractivity contribution in [3.05, 3.63) is 24.3 Å². The number of halogens is 1. The SMILES string of the molecule is CCOc1ccc([Te+]2CCC2)cc1.[Br-]. The second-order valence-electron chi connectivity index (χ2n) is 3.16. The Morgan fingerprint density at radius 2 is 1.86 bits per heavy atom. The maximum absolute atomic E-state index is 5.41. The van der Waals surface area contributed by atoms with Gasteiger partial charge in [-0.25, -0.2) is 0 Å². The van der Waals surface area contributed by atoms with Crippen molar-refractivity contribution in [1.82, 2.24) is 0 Å². The van der Waals surface area contributed by atoms with Crippen LogP contribution in [0.4, 0.5) is 0 Å². The van der Waals surface area contributed by atoms with Crippen LogP contribution in [0.2, 0.25) is 8.94 Å². The van der Waals surface area contributed by atoms with Crippen LogP contribution in [-0.4, -0.2) is 26.2 Å². The van der Waals surface area contributed by atoms with E-state index in [0.29, 0.717) is 0 Å². The molecule has 1 aromatic carbocycles. The summed E-state index contributed by atoms with van der Waals surface area (Å²) in [5, 5.41) is 0. The summed E-state index contributed by atoms with van der Waals surface area (Å²) < 4.78 is 10.1. The quantitative estimate of drug-likeness (QED) is 0.633. The zero-order valence-electron chi connectivity index (χ0n) is 8.33. The third-order valence-electron chi connectivity index (χ3n) is 2.25. The van der Waals surface area contributed by atoms with E-state index >= 15 is 0 Å². The van der Waals surface area contributed by atoms with Crippen molar-refractivity contribution in [1.29, 1.82) is 0 Å². The van der Waals surface area contributed by atoms with E-state index in [4.69, 9.17) is 4.74 Å². The number of hydrogen-bond acceptors (Lipinski definition) is 1. The van der Waals surface area contributed by atoms with Gasteiger partial charge < -0.3 is 17.0 Å². The van der Waals surface area contributed by atoms with Gasteiger partial charge in [0, 0.05) is 0 Å². The fraction of sp³-hybridized carbons (Fsp3) is 0.455. The minimum absolute atomic E-state index is 0. The van der Waals surface area contributed by atoms with Gasteiger partial charge >= 0.3 is 86.8 Å². The third kappa shape index (κ3) is 2.89. The van der Waals surface area contributed by atoms with Crippen molar-refractivity contribution in [2.75, 3.05) is 6.61 Å². The molecule has 0 aromatic heterocycles. The largest absolute Gasteiger partial charge is 1.00 e. The average Bonchev–Trinajstić information content (AvgIpc) is 2.06. The van der Waals surface area contributed by atoms with Crippen LogP contribution in [0.3, 0.4) is 0 Å². The fourth-order valence-corrected chi connectivity index (χ4v) is 5.90. The first-order valence-corrected chi connectivity index (χ1v) is 9.26. The van der Waals surface area contributed by atoms with Gasteiger partial charge in [0.2, 0.25) is 0 Å². The molecular formula is C11H15BrOTe. The molecule has 1 saturated heterocycles. The normalized spacial score (nSPS) is 15.5. The Labute approximate surface area is 103 Å². The molecule has 0 aliphatic carbocycles. The number of benzene rings is 1. The van der Waals surface area contributed by atoms with Crippen LogP contribution < -0.4 is 25.3 Å². The summed E-state index contributed by atoms with van der Waals surface area (Å²) >= 11 is -0.743. The molecule has 0 spiro atoms. The zero-order chi connectivity index (χ0) is 9.10. The first-order valence-electron chi connectivity index (χ1n) is 4.80. The summed E-state index contributed by atoms with van der Waals surface area (Å²) in [4.78, 5) is 0. The molecule has 14 heavy (non-hydrogen) atoms. The average molecular weight is 371 g/mol. The Hall–Kier alpha value is 0.290. The molecule has 0 radical (unpaired) electrons. The van der Waals surface area contributed by atoms with Gasteiger partial charge in [0.25, 0.3) is 0 Å². The summed E-state index contributed by atoms with van der Waals surface area (Å²) in [6, 6.07) is 8.80. The molecule has 0 amide bonds. The second kappa shape index (κ2) is 6.00. The number of ether oxygens (including phenoxy) is 1. The van der Waals surface area contributed by atoms with Gasteiger partial charge in [0.05, 0.1) is 0 Å². The predicted octanol–water partition coefficient (Wildman–Crippen LogP) is -0.805. The van der Waals surface area contributed by atoms with Gasteiger partial charge in [-0.05, 0) is 0 Å². The van der Waals surface area contributed by atoms with Crippen LogP contribution in [0.25, 0.3) is 0 Å². The molecule has 0 unspecified atom stereocenters. The van der Waals surface area contributed by atoms with E-state index in [1.54, 1.807) is 3.61 Å². The van der Waals surface area contributed by atoms with Gasteiger partial charge in [0.15, 0.2) is 0 Å². The smallest absolute Gasteiger partial charge is 1.00 e. The van der Waals surface area contributed by atoms with E-state index < -0.39 is 19.6 Å². The summed E-state index contributed by atoms with van der Waals surface area (Å²) in [5.41, 5.74) is 0. The summed E-state index contributed by atoms with van der Waals surface area (Å²) in [7, 11) is 0. The Morgan fingerprint density at radius 1 is 1.21 bits per heavy atom. The van der Waals surface area contributed by atoms with E-state index in [9.17, 15) is 0 Å². The maximum atomic E-state index is 5.41. The zero-order valence-corrected chi connectivity index (χ0v) is 12.2. The number of hydrogen-bond donors (Lipinski definition) is 0. The van der Waals surface area contributed by atoms with Gasteiger partial charge in [-0.1, -0.05) is 0 Å². The van der Waals surface area contributed by atoms with E-state index in [2.05, 4.69) is 24.3 Å². The maximum Gasteiger partial charge on any atom is -1.00 e. The standard InChI is InChI=1S/C11H15OTe.BrH/c1-2-12-10-4-6-11(7-5-10)13-8-3-9-13;/h4-7H,2-3,8-9H2,1H3;1H/q+1;/p-1. The first-order chi connectivity index (χ1) is 6.40. The van der Waals surface area contributed by atoms with E-state index in [0.717, 1.165) is 12.4 Å². The molecular weight excluding hydrogens is 356 g/mol. The van der Waals surface area contributed by atoms with Gasteiger partial charge in [0.1, 0.15) is 0 Å². The van der Waals surface area contributed by atoms with Crippen molar-refractivity contribution >= 4 is 23.2 Å². The van der Waals surface area contributed by atoms with Crippen LogP contribution >= 0.6 is 0 Å². The van der Waals surface area contributed by atoms with Gasteiger partial charge in [-0.15, -0.1) is 0 Å². The minimum Gasteiger partial charge on any atom is -1.00 e. The Balaban J connectivity index is 0.000000980. The van der Waals surface area contributed by atoms with E-state index in [-0.39, 0.29) is 17.0 Å². The Bertz CT molecular complexity index is 269. The predicted molar refractivity (Wildman–Crippen MR) is 57.2 cm³/mol. The van der Waals surface area contributed by atoms with Crippen molar-refractivity contribution in [3.63, 3.8) is 0 Å². The van der Waals surface area contributed by atoms with Crippen molar-refractivity contribution in [2.24, 2.45) is 0 Å². The first kappa shape index (κ1) is 12.4. The molecule has 1 aromatic rings. The van der Waals surface area contributed by atoms with E-state index in [1.807, 2.05) is 6.92 Å². The number of rotatable bonds is 3. The topological polar surface area (TPSA) is 9.23 Å².